The van der Waals surface area contributed by atoms with Gasteiger partial charge in [0.1, 0.15) is 0 Å². The fraction of sp³-hybridized carbons (Fsp3) is 0.125. The van der Waals surface area contributed by atoms with Crippen molar-refractivity contribution < 1.29 is 9.85 Å². The molecular formula is C8H9N5O4S. The predicted molar refractivity (Wildman–Crippen MR) is 66.9 cm³/mol. The van der Waals surface area contributed by atoms with Gasteiger partial charge in [-0.05, 0) is 6.07 Å². The smallest absolute Gasteiger partial charge is 0.280 e. The van der Waals surface area contributed by atoms with Crippen LogP contribution < -0.4 is 11.6 Å². The van der Waals surface area contributed by atoms with Crippen LogP contribution in [0.3, 0.4) is 0 Å². The molecule has 0 saturated heterocycles. The minimum atomic E-state index is -0.695. The third-order valence-corrected chi connectivity index (χ3v) is 2.84. The topological polar surface area (TPSA) is 151 Å². The van der Waals surface area contributed by atoms with Crippen molar-refractivity contribution in [2.45, 2.75) is 5.75 Å². The molecule has 1 rings (SSSR count). The number of hydrogen-bond donors (Lipinski definition) is 2. The quantitative estimate of drug-likeness (QED) is 0.271. The van der Waals surface area contributed by atoms with E-state index in [1.807, 2.05) is 0 Å². The van der Waals surface area contributed by atoms with Crippen LogP contribution in [0.2, 0.25) is 0 Å². The van der Waals surface area contributed by atoms with E-state index in [4.69, 9.17) is 11.6 Å². The second-order valence-electron chi connectivity index (χ2n) is 3.08. The van der Waals surface area contributed by atoms with Crippen molar-refractivity contribution in [3.05, 3.63) is 44.0 Å². The summed E-state index contributed by atoms with van der Waals surface area (Å²) >= 11 is 1.00. The molecule has 0 radical (unpaired) electrons. The lowest BCUT2D eigenvalue weighted by Crippen LogP contribution is -2.09. The van der Waals surface area contributed by atoms with Gasteiger partial charge >= 0.3 is 0 Å². The molecule has 0 bridgehead atoms. The fourth-order valence-electron chi connectivity index (χ4n) is 1.15. The Labute approximate surface area is 105 Å². The first-order valence-corrected chi connectivity index (χ1v) is 5.52. The van der Waals surface area contributed by atoms with Crippen LogP contribution in [0.4, 0.5) is 11.4 Å². The standard InChI is InChI=1S/C8H9N5O4S/c9-8(11-10)18-4-5-1-2-6(12(14)15)3-7(5)13(16)17/h1-3H,4,10H2,(H2,9,11). The van der Waals surface area contributed by atoms with Gasteiger partial charge in [0.05, 0.1) is 15.9 Å². The second-order valence-corrected chi connectivity index (χ2v) is 4.08. The highest BCUT2D eigenvalue weighted by Crippen LogP contribution is 2.27. The molecule has 0 heterocycles. The summed E-state index contributed by atoms with van der Waals surface area (Å²) in [4.78, 5) is 19.9. The van der Waals surface area contributed by atoms with Crippen LogP contribution in [0.5, 0.6) is 0 Å². The molecule has 9 nitrogen and oxygen atoms in total. The summed E-state index contributed by atoms with van der Waals surface area (Å²) in [5.41, 5.74) is 4.97. The Balaban J connectivity index is 3.04. The minimum Gasteiger partial charge on any atom is -0.377 e. The Bertz CT molecular complexity index is 518. The van der Waals surface area contributed by atoms with Crippen molar-refractivity contribution in [2.24, 2.45) is 16.7 Å². The average Bonchev–Trinajstić information content (AvgIpc) is 2.35. The van der Waals surface area contributed by atoms with Crippen LogP contribution in [-0.4, -0.2) is 15.0 Å². The number of non-ortho nitro benzene ring substituents is 1. The molecule has 0 aliphatic rings. The lowest BCUT2D eigenvalue weighted by Gasteiger charge is -2.02. The summed E-state index contributed by atoms with van der Waals surface area (Å²) in [5.74, 6) is 5.07. The largest absolute Gasteiger partial charge is 0.377 e. The van der Waals surface area contributed by atoms with Gasteiger partial charge in [0.25, 0.3) is 11.4 Å². The molecule has 0 spiro atoms. The molecule has 0 unspecified atom stereocenters. The van der Waals surface area contributed by atoms with E-state index in [-0.39, 0.29) is 22.3 Å². The van der Waals surface area contributed by atoms with E-state index in [9.17, 15) is 20.2 Å². The summed E-state index contributed by atoms with van der Waals surface area (Å²) in [6, 6.07) is 3.41. The zero-order valence-electron chi connectivity index (χ0n) is 8.98. The van der Waals surface area contributed by atoms with Crippen LogP contribution in [0.15, 0.2) is 23.3 Å². The molecule has 10 heteroatoms. The van der Waals surface area contributed by atoms with Gasteiger partial charge in [-0.2, -0.15) is 5.10 Å². The van der Waals surface area contributed by atoms with E-state index in [0.29, 0.717) is 5.56 Å². The molecule has 0 fully saturated rings. The van der Waals surface area contributed by atoms with E-state index in [2.05, 4.69) is 5.10 Å². The first kappa shape index (κ1) is 13.7. The highest BCUT2D eigenvalue weighted by molar-refractivity contribution is 8.13. The molecule has 0 amide bonds. The second kappa shape index (κ2) is 5.82. The maximum Gasteiger partial charge on any atom is 0.280 e. The predicted octanol–water partition coefficient (Wildman–Crippen LogP) is 0.925. The molecule has 0 atom stereocenters. The van der Waals surface area contributed by atoms with Gasteiger partial charge in [0, 0.05) is 17.4 Å². The molecular weight excluding hydrogens is 262 g/mol. The number of hydrogen-bond acceptors (Lipinski definition) is 7. The van der Waals surface area contributed by atoms with Crippen LogP contribution in [0.25, 0.3) is 0 Å². The number of hydrazone groups is 1. The molecule has 1 aromatic rings. The lowest BCUT2D eigenvalue weighted by molar-refractivity contribution is -0.394. The molecule has 0 aliphatic carbocycles. The van der Waals surface area contributed by atoms with Crippen LogP contribution in [0.1, 0.15) is 5.56 Å². The van der Waals surface area contributed by atoms with Crippen LogP contribution in [-0.2, 0) is 5.75 Å². The monoisotopic (exact) mass is 271 g/mol. The van der Waals surface area contributed by atoms with Crippen molar-refractivity contribution >= 4 is 28.3 Å². The maximum atomic E-state index is 10.8. The molecule has 0 aromatic heterocycles. The zero-order valence-corrected chi connectivity index (χ0v) is 9.79. The van der Waals surface area contributed by atoms with Gasteiger partial charge in [-0.3, -0.25) is 20.2 Å². The number of benzene rings is 1. The number of amidine groups is 1. The van der Waals surface area contributed by atoms with Gasteiger partial charge in [-0.1, -0.05) is 11.8 Å². The summed E-state index contributed by atoms with van der Waals surface area (Å²) in [5, 5.41) is 24.6. The van der Waals surface area contributed by atoms with Crippen molar-refractivity contribution in [2.75, 3.05) is 0 Å². The Morgan fingerprint density at radius 2 is 2.00 bits per heavy atom. The van der Waals surface area contributed by atoms with Crippen molar-refractivity contribution in [1.82, 2.24) is 0 Å². The van der Waals surface area contributed by atoms with E-state index >= 15 is 0 Å². The molecule has 18 heavy (non-hydrogen) atoms. The Morgan fingerprint density at radius 3 is 2.50 bits per heavy atom. The average molecular weight is 271 g/mol. The van der Waals surface area contributed by atoms with Gasteiger partial charge in [0.15, 0.2) is 5.17 Å². The SMILES string of the molecule is NN=C(N)SCc1ccc([N+](=O)[O-])cc1[N+](=O)[O-]. The number of nitrogens with zero attached hydrogens (tertiary/aromatic N) is 3. The maximum absolute atomic E-state index is 10.8. The number of nitro groups is 2. The van der Waals surface area contributed by atoms with E-state index in [1.165, 1.54) is 12.1 Å². The van der Waals surface area contributed by atoms with E-state index in [1.54, 1.807) is 0 Å². The number of thioether (sulfide) groups is 1. The third kappa shape index (κ3) is 3.31. The number of nitro benzene ring substituents is 2. The molecule has 0 saturated carbocycles. The highest BCUT2D eigenvalue weighted by atomic mass is 32.2. The third-order valence-electron chi connectivity index (χ3n) is 1.98. The highest BCUT2D eigenvalue weighted by Gasteiger charge is 2.19. The zero-order chi connectivity index (χ0) is 13.7. The van der Waals surface area contributed by atoms with Crippen LogP contribution in [0, 0.1) is 20.2 Å². The van der Waals surface area contributed by atoms with Gasteiger partial charge < -0.3 is 11.6 Å². The Kier molecular flexibility index (Phi) is 4.43. The lowest BCUT2D eigenvalue weighted by atomic mass is 10.2. The molecule has 4 N–H and O–H groups in total. The summed E-state index contributed by atoms with van der Waals surface area (Å²) < 4.78 is 0. The summed E-state index contributed by atoms with van der Waals surface area (Å²) in [6.07, 6.45) is 0. The summed E-state index contributed by atoms with van der Waals surface area (Å²) in [7, 11) is 0. The first-order chi connectivity index (χ1) is 8.45. The van der Waals surface area contributed by atoms with Gasteiger partial charge in [-0.15, -0.1) is 0 Å². The molecule has 0 aliphatic heterocycles. The van der Waals surface area contributed by atoms with Gasteiger partial charge in [0.2, 0.25) is 0 Å². The van der Waals surface area contributed by atoms with Crippen molar-refractivity contribution in [1.29, 1.82) is 0 Å². The van der Waals surface area contributed by atoms with Crippen molar-refractivity contribution in [3.63, 3.8) is 0 Å². The molecule has 96 valence electrons. The van der Waals surface area contributed by atoms with Gasteiger partial charge in [-0.25, -0.2) is 0 Å². The fourth-order valence-corrected chi connectivity index (χ4v) is 1.77. The number of nitrogens with two attached hydrogens (primary N) is 2. The normalized spacial score (nSPS) is 11.2. The Hall–Kier alpha value is -2.36. The summed E-state index contributed by atoms with van der Waals surface area (Å²) in [6.45, 7) is 0. The Morgan fingerprint density at radius 1 is 1.33 bits per heavy atom. The van der Waals surface area contributed by atoms with Crippen LogP contribution >= 0.6 is 11.8 Å². The van der Waals surface area contributed by atoms with E-state index < -0.39 is 9.85 Å². The van der Waals surface area contributed by atoms with E-state index in [0.717, 1.165) is 17.8 Å². The first-order valence-electron chi connectivity index (χ1n) is 4.53. The molecule has 1 aromatic carbocycles. The minimum absolute atomic E-state index is 0.0719. The number of rotatable bonds is 4. The van der Waals surface area contributed by atoms with Crippen molar-refractivity contribution in [3.8, 4) is 0 Å².